The van der Waals surface area contributed by atoms with E-state index in [1.54, 1.807) is 31.3 Å². The fraction of sp³-hybridized carbons (Fsp3) is 0.400. The van der Waals surface area contributed by atoms with Crippen LogP contribution in [0.3, 0.4) is 0 Å². The van der Waals surface area contributed by atoms with Gasteiger partial charge in [0.25, 0.3) is 11.8 Å². The lowest BCUT2D eigenvalue weighted by atomic mass is 9.57. The molecular weight excluding hydrogens is 644 g/mol. The maximum atomic E-state index is 12.8. The van der Waals surface area contributed by atoms with Gasteiger partial charge in [-0.05, 0) is 42.8 Å². The zero-order chi connectivity index (χ0) is 36.0. The molecule has 2 fully saturated rings. The van der Waals surface area contributed by atoms with Crippen LogP contribution < -0.4 is 26.2 Å². The summed E-state index contributed by atoms with van der Waals surface area (Å²) in [6, 6.07) is 12.7. The minimum Gasteiger partial charge on any atom is -0.364 e. The first-order valence-electron chi connectivity index (χ1n) is 17.2. The van der Waals surface area contributed by atoms with Crippen molar-refractivity contribution in [2.75, 3.05) is 49.8 Å². The highest BCUT2D eigenvalue weighted by Gasteiger charge is 2.43. The van der Waals surface area contributed by atoms with Crippen LogP contribution in [0.2, 0.25) is 0 Å². The topological polar surface area (TPSA) is 162 Å². The Morgan fingerprint density at radius 2 is 1.71 bits per heavy atom. The molecule has 1 unspecified atom stereocenters. The summed E-state index contributed by atoms with van der Waals surface area (Å²) < 4.78 is 2.10. The van der Waals surface area contributed by atoms with E-state index >= 15 is 0 Å². The number of hydrogen-bond acceptors (Lipinski definition) is 10. The fourth-order valence-corrected chi connectivity index (χ4v) is 6.93. The summed E-state index contributed by atoms with van der Waals surface area (Å²) in [4.78, 5) is 46.2. The molecule has 3 aliphatic rings. The quantitative estimate of drug-likeness (QED) is 0.173. The number of benzene rings is 1. The van der Waals surface area contributed by atoms with Crippen LogP contribution in [-0.2, 0) is 10.1 Å². The van der Waals surface area contributed by atoms with Crippen molar-refractivity contribution in [3.8, 4) is 11.1 Å². The molecule has 4 radical (unpaired) electrons. The van der Waals surface area contributed by atoms with Gasteiger partial charge in [-0.2, -0.15) is 5.10 Å². The molecule has 1 saturated heterocycles. The van der Waals surface area contributed by atoms with Crippen molar-refractivity contribution in [2.24, 2.45) is 5.92 Å². The molecule has 7 rings (SSSR count). The Kier molecular flexibility index (Phi) is 9.04. The van der Waals surface area contributed by atoms with Crippen LogP contribution in [0.4, 0.5) is 22.9 Å². The molecule has 1 saturated carbocycles. The number of likely N-dealkylation sites (tertiary alicyclic amines) is 1. The van der Waals surface area contributed by atoms with Gasteiger partial charge in [0.15, 0.2) is 11.5 Å². The van der Waals surface area contributed by atoms with Gasteiger partial charge in [-0.1, -0.05) is 31.5 Å². The molecular formula is C35H39B2N11O3. The second-order valence-corrected chi connectivity index (χ2v) is 13.3. The average molecular weight is 683 g/mol. The first kappa shape index (κ1) is 34.2. The van der Waals surface area contributed by atoms with Gasteiger partial charge in [0.2, 0.25) is 5.91 Å². The van der Waals surface area contributed by atoms with Crippen molar-refractivity contribution < 1.29 is 14.4 Å². The number of para-hydroxylation sites is 1. The lowest BCUT2D eigenvalue weighted by Gasteiger charge is -2.50. The molecule has 16 heteroatoms. The predicted molar refractivity (Wildman–Crippen MR) is 195 cm³/mol. The van der Waals surface area contributed by atoms with Crippen molar-refractivity contribution >= 4 is 56.3 Å². The van der Waals surface area contributed by atoms with E-state index in [4.69, 9.17) is 20.8 Å². The third-order valence-electron chi connectivity index (χ3n) is 9.91. The number of amides is 3. The number of rotatable bonds is 11. The lowest BCUT2D eigenvalue weighted by Crippen LogP contribution is -2.60. The highest BCUT2D eigenvalue weighted by molar-refractivity contribution is 6.39. The molecule has 4 aromatic rings. The lowest BCUT2D eigenvalue weighted by molar-refractivity contribution is -0.117. The highest BCUT2D eigenvalue weighted by atomic mass is 16.2. The molecule has 1 atom stereocenters. The standard InChI is InChI=1S/C35H39B2N11O3/c1-5-8-26-31-22(16-40-48(31)20-17-47(18-20)35(36,37)27-12-7-11-24(42-27)33(50)38-2)21-9-6-10-23(30(21)46(26)4)41-25-15-28(43-32(49)19-13-14-19)44-45-29(25)34(51)39-3/h6-7,9-12,15-16,19-20,26H,5,8,13-14,17-18H2,1-4H3,(H,38,50)(H,39,51)(H2,41,43,44,49). The van der Waals surface area contributed by atoms with Crippen LogP contribution in [0, 0.1) is 5.92 Å². The summed E-state index contributed by atoms with van der Waals surface area (Å²) >= 11 is 0. The average Bonchev–Trinajstić information content (AvgIpc) is 3.88. The normalized spacial score (nSPS) is 17.2. The minimum atomic E-state index is -1.38. The van der Waals surface area contributed by atoms with Crippen molar-refractivity contribution in [2.45, 2.75) is 50.0 Å². The van der Waals surface area contributed by atoms with Crippen molar-refractivity contribution in [3.05, 3.63) is 71.4 Å². The Morgan fingerprint density at radius 1 is 0.961 bits per heavy atom. The molecule has 3 aromatic heterocycles. The Balaban J connectivity index is 1.19. The summed E-state index contributed by atoms with van der Waals surface area (Å²) in [7, 11) is 18.4. The molecule has 1 aromatic carbocycles. The summed E-state index contributed by atoms with van der Waals surface area (Å²) in [5.41, 5.74) is 6.01. The van der Waals surface area contributed by atoms with Gasteiger partial charge in [-0.3, -0.25) is 19.1 Å². The summed E-state index contributed by atoms with van der Waals surface area (Å²) in [6.45, 7) is 3.24. The second kappa shape index (κ2) is 13.5. The summed E-state index contributed by atoms with van der Waals surface area (Å²) in [5, 5.41) is 23.3. The molecule has 5 heterocycles. The minimum absolute atomic E-state index is 0.00854. The van der Waals surface area contributed by atoms with Crippen molar-refractivity contribution in [1.29, 1.82) is 0 Å². The van der Waals surface area contributed by atoms with Gasteiger partial charge in [0, 0.05) is 63.0 Å². The van der Waals surface area contributed by atoms with E-state index in [-0.39, 0.29) is 47.0 Å². The zero-order valence-corrected chi connectivity index (χ0v) is 29.1. The monoisotopic (exact) mass is 683 g/mol. The van der Waals surface area contributed by atoms with Crippen LogP contribution >= 0.6 is 0 Å². The number of pyridine rings is 1. The summed E-state index contributed by atoms with van der Waals surface area (Å²) in [6.07, 6.45) is 5.42. The Bertz CT molecular complexity index is 2010. The van der Waals surface area contributed by atoms with Crippen LogP contribution in [0.25, 0.3) is 11.1 Å². The Labute approximate surface area is 299 Å². The molecule has 2 aliphatic heterocycles. The number of anilines is 4. The largest absolute Gasteiger partial charge is 0.364 e. The Hall–Kier alpha value is -5.24. The van der Waals surface area contributed by atoms with Gasteiger partial charge in [0.1, 0.15) is 5.69 Å². The van der Waals surface area contributed by atoms with Gasteiger partial charge < -0.3 is 31.1 Å². The van der Waals surface area contributed by atoms with E-state index in [0.717, 1.165) is 53.9 Å². The van der Waals surface area contributed by atoms with Crippen LogP contribution in [-0.4, -0.2) is 97.5 Å². The van der Waals surface area contributed by atoms with Gasteiger partial charge in [-0.25, -0.2) is 4.98 Å². The molecule has 14 nitrogen and oxygen atoms in total. The van der Waals surface area contributed by atoms with Crippen LogP contribution in [0.5, 0.6) is 0 Å². The summed E-state index contributed by atoms with van der Waals surface area (Å²) in [5.74, 6) is -0.553. The molecule has 1 aliphatic carbocycles. The van der Waals surface area contributed by atoms with Gasteiger partial charge >= 0.3 is 0 Å². The SMILES string of the molecule is [B]C([B])(c1cccc(C(=O)NC)n1)N1CC(n2ncc3c2C(CCC)N(C)c2c(Nc4cc(NC(=O)C5CC5)nnc4C(=O)NC)cccc2-3)C1. The van der Waals surface area contributed by atoms with Crippen LogP contribution in [0.1, 0.15) is 77.1 Å². The van der Waals surface area contributed by atoms with Crippen molar-refractivity contribution in [1.82, 2.24) is 40.5 Å². The Morgan fingerprint density at radius 3 is 2.41 bits per heavy atom. The van der Waals surface area contributed by atoms with Gasteiger partial charge in [-0.15, -0.1) is 10.2 Å². The smallest absolute Gasteiger partial charge is 0.273 e. The highest BCUT2D eigenvalue weighted by Crippen LogP contribution is 2.50. The maximum absolute atomic E-state index is 12.8. The van der Waals surface area contributed by atoms with E-state index in [1.165, 1.54) is 7.05 Å². The number of hydrogen-bond donors (Lipinski definition) is 4. The first-order chi connectivity index (χ1) is 24.5. The second-order valence-electron chi connectivity index (χ2n) is 13.3. The van der Waals surface area contributed by atoms with E-state index in [0.29, 0.717) is 24.5 Å². The molecule has 3 amide bonds. The van der Waals surface area contributed by atoms with Gasteiger partial charge in [0.05, 0.1) is 56.7 Å². The number of nitrogens with zero attached hydrogens (tertiary/aromatic N) is 7. The number of fused-ring (bicyclic) bond motifs is 3. The molecule has 4 N–H and O–H groups in total. The third-order valence-corrected chi connectivity index (χ3v) is 9.91. The molecule has 258 valence electrons. The molecule has 0 spiro atoms. The first-order valence-corrected chi connectivity index (χ1v) is 17.2. The maximum Gasteiger partial charge on any atom is 0.273 e. The fourth-order valence-electron chi connectivity index (χ4n) is 6.93. The third kappa shape index (κ3) is 6.21. The predicted octanol–water partition coefficient (Wildman–Crippen LogP) is 2.84. The number of carbonyl (C=O) groups is 3. The number of nitrogens with one attached hydrogen (secondary N) is 4. The van der Waals surface area contributed by atoms with E-state index < -0.39 is 11.2 Å². The number of aromatic nitrogens is 5. The van der Waals surface area contributed by atoms with Crippen molar-refractivity contribution in [3.63, 3.8) is 0 Å². The molecule has 0 bridgehead atoms. The molecule has 51 heavy (non-hydrogen) atoms. The zero-order valence-electron chi connectivity index (χ0n) is 29.1. The van der Waals surface area contributed by atoms with E-state index in [1.807, 2.05) is 23.2 Å². The van der Waals surface area contributed by atoms with E-state index in [9.17, 15) is 14.4 Å². The van der Waals surface area contributed by atoms with Crippen LogP contribution in [0.15, 0.2) is 48.7 Å². The van der Waals surface area contributed by atoms with E-state index in [2.05, 4.69) is 66.1 Å². The number of carbonyl (C=O) groups excluding carboxylic acids is 3.